The first-order valence-electron chi connectivity index (χ1n) is 5.17. The minimum absolute atomic E-state index is 0.109. The summed E-state index contributed by atoms with van der Waals surface area (Å²) in [6.45, 7) is 0. The number of benzene rings is 2. The molecule has 2 N–H and O–H groups in total. The van der Waals surface area contributed by atoms with Crippen LogP contribution in [0, 0.1) is 3.57 Å². The molecule has 0 aliphatic heterocycles. The third kappa shape index (κ3) is 3.10. The summed E-state index contributed by atoms with van der Waals surface area (Å²) < 4.78 is 31.5. The minimum atomic E-state index is -2.53. The van der Waals surface area contributed by atoms with Crippen LogP contribution in [-0.2, 0) is 0 Å². The van der Waals surface area contributed by atoms with Gasteiger partial charge in [-0.25, -0.2) is 8.78 Å². The summed E-state index contributed by atoms with van der Waals surface area (Å²) in [5, 5.41) is 0. The van der Waals surface area contributed by atoms with E-state index in [1.54, 1.807) is 12.1 Å². The average Bonchev–Trinajstić information content (AvgIpc) is 2.34. The normalized spacial score (nSPS) is 10.7. The molecule has 2 aromatic carbocycles. The predicted octanol–water partition coefficient (Wildman–Crippen LogP) is 4.60. The summed E-state index contributed by atoms with van der Waals surface area (Å²) >= 11 is 2.18. The topological polar surface area (TPSA) is 35.2 Å². The zero-order valence-electron chi connectivity index (χ0n) is 9.24. The molecule has 2 aromatic rings. The van der Waals surface area contributed by atoms with Crippen LogP contribution in [0.3, 0.4) is 0 Å². The van der Waals surface area contributed by atoms with Crippen molar-refractivity contribution in [3.05, 3.63) is 51.6 Å². The summed E-state index contributed by atoms with van der Waals surface area (Å²) in [4.78, 5) is 0. The van der Waals surface area contributed by atoms with Crippen LogP contribution in [0.25, 0.3) is 0 Å². The van der Waals surface area contributed by atoms with E-state index in [0.717, 1.165) is 3.57 Å². The van der Waals surface area contributed by atoms with Crippen molar-refractivity contribution in [2.45, 2.75) is 6.43 Å². The summed E-state index contributed by atoms with van der Waals surface area (Å²) in [6, 6.07) is 11.4. The highest BCUT2D eigenvalue weighted by atomic mass is 127. The first-order chi connectivity index (χ1) is 8.56. The molecule has 0 amide bonds. The second-order valence-corrected chi connectivity index (χ2v) is 4.90. The molecular formula is C13H10F2INO. The van der Waals surface area contributed by atoms with Gasteiger partial charge >= 0.3 is 0 Å². The number of anilines is 1. The van der Waals surface area contributed by atoms with E-state index >= 15 is 0 Å². The van der Waals surface area contributed by atoms with Crippen LogP contribution in [-0.4, -0.2) is 0 Å². The van der Waals surface area contributed by atoms with E-state index in [-0.39, 0.29) is 11.3 Å². The van der Waals surface area contributed by atoms with E-state index in [1.807, 2.05) is 12.1 Å². The van der Waals surface area contributed by atoms with Crippen LogP contribution in [0.5, 0.6) is 11.5 Å². The van der Waals surface area contributed by atoms with Gasteiger partial charge in [0.15, 0.2) is 0 Å². The fourth-order valence-electron chi connectivity index (χ4n) is 1.43. The molecule has 2 nitrogen and oxygen atoms in total. The Hall–Kier alpha value is -1.37. The number of halogens is 3. The summed E-state index contributed by atoms with van der Waals surface area (Å²) in [5.41, 5.74) is 5.77. The molecule has 0 fully saturated rings. The standard InChI is InChI=1S/C13H10F2INO/c14-13(15)8-1-6-12(11(17)7-8)18-10-4-2-9(16)3-5-10/h1-7,13H,17H2. The zero-order chi connectivity index (χ0) is 13.1. The molecule has 0 aromatic heterocycles. The van der Waals surface area contributed by atoms with E-state index in [4.69, 9.17) is 10.5 Å². The number of nitrogen functional groups attached to an aromatic ring is 1. The van der Waals surface area contributed by atoms with Gasteiger partial charge in [-0.05, 0) is 65.1 Å². The molecule has 0 aliphatic carbocycles. The highest BCUT2D eigenvalue weighted by Gasteiger charge is 2.10. The number of rotatable bonds is 3. The van der Waals surface area contributed by atoms with Crippen molar-refractivity contribution in [2.24, 2.45) is 0 Å². The second-order valence-electron chi connectivity index (χ2n) is 3.65. The van der Waals surface area contributed by atoms with Gasteiger partial charge in [0.25, 0.3) is 6.43 Å². The lowest BCUT2D eigenvalue weighted by atomic mass is 10.2. The van der Waals surface area contributed by atoms with Gasteiger partial charge < -0.3 is 10.5 Å². The van der Waals surface area contributed by atoms with Crippen LogP contribution >= 0.6 is 22.6 Å². The Morgan fingerprint density at radius 3 is 2.28 bits per heavy atom. The maximum atomic E-state index is 12.5. The monoisotopic (exact) mass is 361 g/mol. The lowest BCUT2D eigenvalue weighted by Gasteiger charge is -2.10. The van der Waals surface area contributed by atoms with E-state index in [1.165, 1.54) is 18.2 Å². The Balaban J connectivity index is 2.22. The van der Waals surface area contributed by atoms with Crippen molar-refractivity contribution in [3.8, 4) is 11.5 Å². The van der Waals surface area contributed by atoms with Crippen LogP contribution in [0.4, 0.5) is 14.5 Å². The Bertz CT molecular complexity index is 543. The Labute approximate surface area is 117 Å². The molecule has 0 unspecified atom stereocenters. The van der Waals surface area contributed by atoms with Crippen LogP contribution in [0.15, 0.2) is 42.5 Å². The Kier molecular flexibility index (Phi) is 4.00. The number of hydrogen-bond donors (Lipinski definition) is 1. The second kappa shape index (κ2) is 5.51. The highest BCUT2D eigenvalue weighted by Crippen LogP contribution is 2.31. The lowest BCUT2D eigenvalue weighted by molar-refractivity contribution is 0.151. The number of hydrogen-bond acceptors (Lipinski definition) is 2. The molecule has 0 aliphatic rings. The molecule has 94 valence electrons. The van der Waals surface area contributed by atoms with Crippen molar-refractivity contribution in [3.63, 3.8) is 0 Å². The lowest BCUT2D eigenvalue weighted by Crippen LogP contribution is -1.94. The summed E-state index contributed by atoms with van der Waals surface area (Å²) in [7, 11) is 0. The third-order valence-corrected chi connectivity index (χ3v) is 3.05. The number of ether oxygens (including phenoxy) is 1. The first-order valence-corrected chi connectivity index (χ1v) is 6.25. The maximum absolute atomic E-state index is 12.5. The summed E-state index contributed by atoms with van der Waals surface area (Å²) in [6.07, 6.45) is -2.53. The molecule has 0 heterocycles. The average molecular weight is 361 g/mol. The van der Waals surface area contributed by atoms with Crippen molar-refractivity contribution in [1.82, 2.24) is 0 Å². The van der Waals surface area contributed by atoms with Gasteiger partial charge in [0.05, 0.1) is 5.69 Å². The molecule has 0 spiro atoms. The number of nitrogens with two attached hydrogens (primary N) is 1. The van der Waals surface area contributed by atoms with Gasteiger partial charge in [-0.2, -0.15) is 0 Å². The zero-order valence-corrected chi connectivity index (χ0v) is 11.4. The van der Waals surface area contributed by atoms with Gasteiger partial charge in [-0.1, -0.05) is 0 Å². The Morgan fingerprint density at radius 1 is 1.06 bits per heavy atom. The maximum Gasteiger partial charge on any atom is 0.263 e. The quantitative estimate of drug-likeness (QED) is 0.641. The van der Waals surface area contributed by atoms with Gasteiger partial charge in [0.1, 0.15) is 11.5 Å². The molecule has 0 saturated heterocycles. The predicted molar refractivity (Wildman–Crippen MR) is 75.0 cm³/mol. The van der Waals surface area contributed by atoms with Gasteiger partial charge in [-0.15, -0.1) is 0 Å². The third-order valence-electron chi connectivity index (χ3n) is 2.33. The van der Waals surface area contributed by atoms with Gasteiger partial charge in [0.2, 0.25) is 0 Å². The molecule has 0 atom stereocenters. The first kappa shape index (κ1) is 13.1. The van der Waals surface area contributed by atoms with Crippen LogP contribution in [0.2, 0.25) is 0 Å². The van der Waals surface area contributed by atoms with E-state index in [2.05, 4.69) is 22.6 Å². The largest absolute Gasteiger partial charge is 0.455 e. The van der Waals surface area contributed by atoms with Crippen molar-refractivity contribution in [1.29, 1.82) is 0 Å². The molecule has 0 saturated carbocycles. The van der Waals surface area contributed by atoms with Crippen molar-refractivity contribution < 1.29 is 13.5 Å². The van der Waals surface area contributed by atoms with Crippen molar-refractivity contribution in [2.75, 3.05) is 5.73 Å². The fraction of sp³-hybridized carbons (Fsp3) is 0.0769. The molecule has 0 radical (unpaired) electrons. The number of alkyl halides is 2. The molecule has 2 rings (SSSR count). The molecule has 0 bridgehead atoms. The minimum Gasteiger partial charge on any atom is -0.455 e. The molecule has 18 heavy (non-hydrogen) atoms. The van der Waals surface area contributed by atoms with Gasteiger partial charge in [0, 0.05) is 9.13 Å². The summed E-state index contributed by atoms with van der Waals surface area (Å²) in [5.74, 6) is 0.993. The molecule has 5 heteroatoms. The molecular weight excluding hydrogens is 351 g/mol. The SMILES string of the molecule is Nc1cc(C(F)F)ccc1Oc1ccc(I)cc1. The van der Waals surface area contributed by atoms with E-state index in [0.29, 0.717) is 11.5 Å². The fourth-order valence-corrected chi connectivity index (χ4v) is 1.78. The van der Waals surface area contributed by atoms with Crippen LogP contribution < -0.4 is 10.5 Å². The van der Waals surface area contributed by atoms with Crippen LogP contribution in [0.1, 0.15) is 12.0 Å². The Morgan fingerprint density at radius 2 is 1.72 bits per heavy atom. The van der Waals surface area contributed by atoms with E-state index < -0.39 is 6.43 Å². The smallest absolute Gasteiger partial charge is 0.263 e. The van der Waals surface area contributed by atoms with Crippen molar-refractivity contribution >= 4 is 28.3 Å². The highest BCUT2D eigenvalue weighted by molar-refractivity contribution is 14.1. The van der Waals surface area contributed by atoms with E-state index in [9.17, 15) is 8.78 Å². The van der Waals surface area contributed by atoms with Gasteiger partial charge in [-0.3, -0.25) is 0 Å².